The van der Waals surface area contributed by atoms with Crippen molar-refractivity contribution >= 4 is 8.32 Å². The maximum absolute atomic E-state index is 17.6. The molecule has 0 unspecified atom stereocenters. The number of H-pyrrole nitrogens is 1. The summed E-state index contributed by atoms with van der Waals surface area (Å²) in [5.74, 6) is 1.24. The van der Waals surface area contributed by atoms with Gasteiger partial charge in [-0.25, -0.2) is 18.5 Å². The van der Waals surface area contributed by atoms with Crippen molar-refractivity contribution in [3.8, 4) is 11.5 Å². The molecule has 0 radical (unpaired) electrons. The lowest BCUT2D eigenvalue weighted by Crippen LogP contribution is -2.49. The normalized spacial score (nSPS) is 22.2. The molecule has 19 heteroatoms. The highest BCUT2D eigenvalue weighted by Gasteiger charge is 2.52. The highest BCUT2D eigenvalue weighted by Crippen LogP contribution is 2.45. The van der Waals surface area contributed by atoms with Crippen LogP contribution in [-0.2, 0) is 51.8 Å². The van der Waals surface area contributed by atoms with E-state index in [1.807, 2.05) is 109 Å². The number of aromatic nitrogens is 4. The molecule has 8 rings (SSSR count). The van der Waals surface area contributed by atoms with Crippen LogP contribution in [0, 0.1) is 0 Å². The number of rotatable bonds is 21. The number of nitrogens with zero attached hydrogens (tertiary/aromatic N) is 3. The number of methoxy groups -OCH3 is 3. The predicted molar refractivity (Wildman–Crippen MR) is 280 cm³/mol. The Balaban J connectivity index is 1.14. The lowest BCUT2D eigenvalue weighted by atomic mass is 9.80. The standard InChI is InChI=1S/C56H65FN4O13Si/c1-55(2,3)75(7,8)74-49-43(72-52(50(49)68-6)59-31-29-45(62)58-53(59)64)20-15-33-70-48-44(73-51(47(48)57)60-32-30-46(63)61(54(60)65)36-69-34-37-16-11-9-12-17-37)35-71-56(38-18-13-10-14-19-38,39-21-25-41(66-4)26-22-39)40-23-27-42(67-5)28-24-40/h9-32,43-44,47-52H,33-36H2,1-8H3,(H,58,62,64)/b20-15-/t43-,44-,47-,48-,49-,50-,51-,52-/m1/s1. The minimum Gasteiger partial charge on any atom is -0.497 e. The van der Waals surface area contributed by atoms with Crippen molar-refractivity contribution in [2.75, 3.05) is 34.5 Å². The molecule has 2 fully saturated rings. The van der Waals surface area contributed by atoms with E-state index in [0.29, 0.717) is 22.6 Å². The van der Waals surface area contributed by atoms with Gasteiger partial charge in [-0.1, -0.05) is 118 Å². The molecule has 0 saturated carbocycles. The van der Waals surface area contributed by atoms with E-state index in [1.54, 1.807) is 26.4 Å². The summed E-state index contributed by atoms with van der Waals surface area (Å²) in [5.41, 5.74) is -1.07. The van der Waals surface area contributed by atoms with Gasteiger partial charge in [0.15, 0.2) is 26.9 Å². The van der Waals surface area contributed by atoms with Crippen LogP contribution >= 0.6 is 0 Å². The van der Waals surface area contributed by atoms with Crippen LogP contribution in [-0.4, -0.2) is 98.2 Å². The van der Waals surface area contributed by atoms with Crippen molar-refractivity contribution in [2.45, 2.75) is 107 Å². The summed E-state index contributed by atoms with van der Waals surface area (Å²) in [5, 5.41) is -0.217. The molecule has 2 aromatic heterocycles. The topological polar surface area (TPSA) is 182 Å². The van der Waals surface area contributed by atoms with Gasteiger partial charge in [0.25, 0.3) is 11.1 Å². The average molecular weight is 1050 g/mol. The molecule has 4 aromatic carbocycles. The zero-order valence-electron chi connectivity index (χ0n) is 43.3. The van der Waals surface area contributed by atoms with Crippen molar-refractivity contribution < 1.29 is 46.7 Å². The first-order valence-electron chi connectivity index (χ1n) is 24.7. The van der Waals surface area contributed by atoms with Gasteiger partial charge >= 0.3 is 11.4 Å². The van der Waals surface area contributed by atoms with Gasteiger partial charge in [0, 0.05) is 31.6 Å². The van der Waals surface area contributed by atoms with E-state index in [1.165, 1.54) is 30.1 Å². The maximum Gasteiger partial charge on any atom is 0.335 e. The van der Waals surface area contributed by atoms with Crippen LogP contribution in [0.5, 0.6) is 11.5 Å². The van der Waals surface area contributed by atoms with E-state index in [2.05, 4.69) is 38.8 Å². The minimum absolute atomic E-state index is 0.120. The maximum atomic E-state index is 17.6. The second-order valence-electron chi connectivity index (χ2n) is 19.8. The van der Waals surface area contributed by atoms with Crippen LogP contribution in [0.1, 0.15) is 55.5 Å². The molecule has 6 aromatic rings. The third-order valence-corrected chi connectivity index (χ3v) is 18.7. The van der Waals surface area contributed by atoms with E-state index in [9.17, 15) is 19.2 Å². The summed E-state index contributed by atoms with van der Waals surface area (Å²) in [4.78, 5) is 54.8. The summed E-state index contributed by atoms with van der Waals surface area (Å²) in [6, 6.07) is 36.1. The van der Waals surface area contributed by atoms with E-state index in [0.717, 1.165) is 26.3 Å². The predicted octanol–water partition coefficient (Wildman–Crippen LogP) is 7.24. The lowest BCUT2D eigenvalue weighted by Gasteiger charge is -2.40. The Morgan fingerprint density at radius 3 is 1.89 bits per heavy atom. The number of nitrogens with one attached hydrogen (secondary N) is 1. The number of aromatic amines is 1. The molecular formula is C56H65FN4O13Si. The van der Waals surface area contributed by atoms with Crippen LogP contribution in [0.4, 0.5) is 4.39 Å². The molecule has 75 heavy (non-hydrogen) atoms. The number of hydrogen-bond acceptors (Lipinski definition) is 13. The van der Waals surface area contributed by atoms with Crippen molar-refractivity contribution in [1.29, 1.82) is 0 Å². The van der Waals surface area contributed by atoms with Crippen molar-refractivity contribution in [3.63, 3.8) is 0 Å². The van der Waals surface area contributed by atoms with Gasteiger partial charge in [0.05, 0.1) is 34.0 Å². The number of benzene rings is 4. The Kier molecular flexibility index (Phi) is 17.2. The van der Waals surface area contributed by atoms with Crippen molar-refractivity contribution in [2.24, 2.45) is 0 Å². The van der Waals surface area contributed by atoms with Gasteiger partial charge in [-0.15, -0.1) is 0 Å². The molecule has 0 bridgehead atoms. The van der Waals surface area contributed by atoms with Gasteiger partial charge in [0.2, 0.25) is 0 Å². The Bertz CT molecular complexity index is 3060. The Hall–Kier alpha value is -6.55. The van der Waals surface area contributed by atoms with E-state index < -0.39 is 92.3 Å². The summed E-state index contributed by atoms with van der Waals surface area (Å²) < 4.78 is 77.2. The van der Waals surface area contributed by atoms with Crippen LogP contribution in [0.2, 0.25) is 18.1 Å². The fourth-order valence-electron chi connectivity index (χ4n) is 9.14. The molecular weight excluding hydrogens is 984 g/mol. The molecule has 0 spiro atoms. The van der Waals surface area contributed by atoms with E-state index >= 15 is 4.39 Å². The second-order valence-corrected chi connectivity index (χ2v) is 24.6. The number of ether oxygens (including phenoxy) is 8. The smallest absolute Gasteiger partial charge is 0.335 e. The summed E-state index contributed by atoms with van der Waals surface area (Å²) in [6.45, 7) is 9.75. The van der Waals surface area contributed by atoms with Gasteiger partial charge in [0.1, 0.15) is 54.4 Å². The minimum atomic E-state index is -2.51. The molecule has 2 saturated heterocycles. The van der Waals surface area contributed by atoms with Gasteiger partial charge in [-0.05, 0) is 64.7 Å². The van der Waals surface area contributed by atoms with Crippen molar-refractivity contribution in [3.05, 3.63) is 210 Å². The molecule has 8 atom stereocenters. The summed E-state index contributed by atoms with van der Waals surface area (Å²) in [6.07, 6.45) is -3.44. The van der Waals surface area contributed by atoms with E-state index in [-0.39, 0.29) is 24.9 Å². The van der Waals surface area contributed by atoms with Gasteiger partial charge in [-0.3, -0.25) is 23.7 Å². The first-order valence-corrected chi connectivity index (χ1v) is 27.6. The van der Waals surface area contributed by atoms with Crippen LogP contribution in [0.15, 0.2) is 165 Å². The lowest BCUT2D eigenvalue weighted by molar-refractivity contribution is -0.102. The number of halogens is 1. The fraction of sp³-hybridized carbons (Fsp3) is 0.393. The Morgan fingerprint density at radius 1 is 0.707 bits per heavy atom. The highest BCUT2D eigenvalue weighted by molar-refractivity contribution is 6.74. The molecule has 0 amide bonds. The zero-order valence-corrected chi connectivity index (χ0v) is 44.3. The third-order valence-electron chi connectivity index (χ3n) is 14.2. The molecule has 398 valence electrons. The summed E-state index contributed by atoms with van der Waals surface area (Å²) >= 11 is 0. The highest BCUT2D eigenvalue weighted by atomic mass is 28.4. The molecule has 2 aliphatic heterocycles. The van der Waals surface area contributed by atoms with Crippen LogP contribution in [0.3, 0.4) is 0 Å². The van der Waals surface area contributed by atoms with Crippen molar-refractivity contribution in [1.82, 2.24) is 18.7 Å². The second kappa shape index (κ2) is 23.6. The average Bonchev–Trinajstić information content (AvgIpc) is 3.91. The Morgan fingerprint density at radius 2 is 1.31 bits per heavy atom. The number of hydrogen-bond donors (Lipinski definition) is 1. The van der Waals surface area contributed by atoms with E-state index in [4.69, 9.17) is 42.3 Å². The largest absolute Gasteiger partial charge is 0.497 e. The molecule has 2 aliphatic rings. The first-order chi connectivity index (χ1) is 36.0. The van der Waals surface area contributed by atoms with Crippen LogP contribution < -0.4 is 32.0 Å². The number of alkyl halides is 1. The zero-order chi connectivity index (χ0) is 53.5. The molecule has 4 heterocycles. The Labute approximate surface area is 435 Å². The van der Waals surface area contributed by atoms with Crippen LogP contribution in [0.25, 0.3) is 0 Å². The monoisotopic (exact) mass is 1050 g/mol. The molecule has 0 aliphatic carbocycles. The molecule has 17 nitrogen and oxygen atoms in total. The van der Waals surface area contributed by atoms with Gasteiger partial charge in [-0.2, -0.15) is 0 Å². The van der Waals surface area contributed by atoms with Gasteiger partial charge < -0.3 is 42.3 Å². The fourth-order valence-corrected chi connectivity index (χ4v) is 10.4. The summed E-state index contributed by atoms with van der Waals surface area (Å²) in [7, 11) is 2.15. The molecule has 1 N–H and O–H groups in total. The first kappa shape index (κ1) is 54.7. The third kappa shape index (κ3) is 11.8. The SMILES string of the molecule is COc1ccc(C(OC[C@H]2O[C@@H](n3ccc(=O)n(COCc4ccccc4)c3=O)[C@H](F)[C@@H]2OC/C=C\[C@H]2O[C@@H](n3ccc(=O)[nH]c3=O)[C@H](OC)[C@@H]2O[Si](C)(C)C(C)(C)C)(c2ccccc2)c2ccc(OC)cc2)cc1. The quantitative estimate of drug-likeness (QED) is 0.0433.